The van der Waals surface area contributed by atoms with E-state index in [1.165, 1.54) is 19.3 Å². The van der Waals surface area contributed by atoms with Gasteiger partial charge in [-0.2, -0.15) is 0 Å². The molecule has 1 aromatic rings. The fourth-order valence-electron chi connectivity index (χ4n) is 3.59. The van der Waals surface area contributed by atoms with E-state index in [1.807, 2.05) is 24.3 Å². The molecule has 1 aromatic carbocycles. The molecular formula is C16H22N2O. The fourth-order valence-corrected chi connectivity index (χ4v) is 3.59. The van der Waals surface area contributed by atoms with Crippen LogP contribution >= 0.6 is 0 Å². The number of nitrogens with one attached hydrogen (secondary N) is 1. The summed E-state index contributed by atoms with van der Waals surface area (Å²) in [6.07, 6.45) is 3.97. The van der Waals surface area contributed by atoms with Crippen molar-refractivity contribution < 1.29 is 4.79 Å². The van der Waals surface area contributed by atoms with Crippen LogP contribution in [0, 0.1) is 11.8 Å². The number of para-hydroxylation sites is 1. The Hall–Kier alpha value is -1.51. The van der Waals surface area contributed by atoms with Gasteiger partial charge in [-0.05, 0) is 43.7 Å². The molecule has 102 valence electrons. The van der Waals surface area contributed by atoms with Crippen molar-refractivity contribution in [3.05, 3.63) is 29.8 Å². The molecule has 1 saturated heterocycles. The molecule has 3 nitrogen and oxygen atoms in total. The number of hydrogen-bond donors (Lipinski definition) is 1. The largest absolute Gasteiger partial charge is 0.385 e. The zero-order valence-electron chi connectivity index (χ0n) is 11.6. The number of nitrogens with zero attached hydrogens (tertiary/aromatic N) is 1. The van der Waals surface area contributed by atoms with Gasteiger partial charge in [0.05, 0.1) is 5.56 Å². The van der Waals surface area contributed by atoms with Crippen molar-refractivity contribution in [2.75, 3.05) is 25.0 Å². The predicted molar refractivity (Wildman–Crippen MR) is 77.3 cm³/mol. The van der Waals surface area contributed by atoms with E-state index in [0.717, 1.165) is 42.7 Å². The van der Waals surface area contributed by atoms with Gasteiger partial charge in [0.25, 0.3) is 5.91 Å². The molecule has 2 fully saturated rings. The number of carbonyl (C=O) groups is 1. The highest BCUT2D eigenvalue weighted by Gasteiger charge is 2.38. The molecule has 3 rings (SSSR count). The summed E-state index contributed by atoms with van der Waals surface area (Å²) in [5.74, 6) is 1.72. The lowest BCUT2D eigenvalue weighted by Crippen LogP contribution is -2.30. The summed E-state index contributed by atoms with van der Waals surface area (Å²) >= 11 is 0. The quantitative estimate of drug-likeness (QED) is 0.904. The first-order valence-corrected chi connectivity index (χ1v) is 7.41. The van der Waals surface area contributed by atoms with E-state index in [0.29, 0.717) is 0 Å². The summed E-state index contributed by atoms with van der Waals surface area (Å²) in [7, 11) is 0. The summed E-state index contributed by atoms with van der Waals surface area (Å²) in [6, 6.07) is 7.86. The number of carbonyl (C=O) groups excluding carboxylic acids is 1. The third kappa shape index (κ3) is 2.34. The van der Waals surface area contributed by atoms with E-state index in [-0.39, 0.29) is 5.91 Å². The molecule has 1 N–H and O–H groups in total. The molecule has 1 saturated carbocycles. The molecule has 3 heteroatoms. The molecule has 0 radical (unpaired) electrons. The van der Waals surface area contributed by atoms with Gasteiger partial charge < -0.3 is 10.2 Å². The third-order valence-electron chi connectivity index (χ3n) is 4.54. The highest BCUT2D eigenvalue weighted by molar-refractivity contribution is 5.99. The van der Waals surface area contributed by atoms with E-state index in [2.05, 4.69) is 17.1 Å². The topological polar surface area (TPSA) is 32.3 Å². The molecule has 1 aliphatic carbocycles. The van der Waals surface area contributed by atoms with Crippen molar-refractivity contribution in [1.82, 2.24) is 4.90 Å². The lowest BCUT2D eigenvalue weighted by Gasteiger charge is -2.19. The van der Waals surface area contributed by atoms with Crippen LogP contribution in [0.3, 0.4) is 0 Å². The summed E-state index contributed by atoms with van der Waals surface area (Å²) in [4.78, 5) is 14.7. The van der Waals surface area contributed by atoms with Crippen molar-refractivity contribution in [2.24, 2.45) is 11.8 Å². The molecule has 0 bridgehead atoms. The second-order valence-electron chi connectivity index (χ2n) is 5.74. The minimum Gasteiger partial charge on any atom is -0.385 e. The summed E-state index contributed by atoms with van der Waals surface area (Å²) in [6.45, 7) is 4.82. The number of rotatable bonds is 3. The van der Waals surface area contributed by atoms with E-state index >= 15 is 0 Å². The van der Waals surface area contributed by atoms with Gasteiger partial charge in [0.1, 0.15) is 0 Å². The van der Waals surface area contributed by atoms with Crippen LogP contribution < -0.4 is 5.32 Å². The van der Waals surface area contributed by atoms with E-state index in [9.17, 15) is 4.79 Å². The molecule has 0 spiro atoms. The van der Waals surface area contributed by atoms with Crippen molar-refractivity contribution in [1.29, 1.82) is 0 Å². The van der Waals surface area contributed by atoms with Crippen molar-refractivity contribution >= 4 is 11.6 Å². The molecule has 1 amide bonds. The predicted octanol–water partition coefficient (Wildman–Crippen LogP) is 2.99. The maximum Gasteiger partial charge on any atom is 0.255 e. The third-order valence-corrected chi connectivity index (χ3v) is 4.54. The van der Waals surface area contributed by atoms with Crippen LogP contribution in [0.1, 0.15) is 36.5 Å². The van der Waals surface area contributed by atoms with Gasteiger partial charge in [-0.3, -0.25) is 4.79 Å². The number of anilines is 1. The van der Waals surface area contributed by atoms with Crippen LogP contribution in [-0.4, -0.2) is 30.4 Å². The van der Waals surface area contributed by atoms with Gasteiger partial charge in [-0.25, -0.2) is 0 Å². The van der Waals surface area contributed by atoms with Crippen LogP contribution in [0.4, 0.5) is 5.69 Å². The van der Waals surface area contributed by atoms with Gasteiger partial charge in [0, 0.05) is 25.3 Å². The molecule has 19 heavy (non-hydrogen) atoms. The van der Waals surface area contributed by atoms with E-state index in [4.69, 9.17) is 0 Å². The van der Waals surface area contributed by atoms with Crippen LogP contribution in [0.2, 0.25) is 0 Å². The molecule has 1 aliphatic heterocycles. The van der Waals surface area contributed by atoms with E-state index < -0.39 is 0 Å². The molecular weight excluding hydrogens is 236 g/mol. The average molecular weight is 258 g/mol. The first-order chi connectivity index (χ1) is 9.29. The van der Waals surface area contributed by atoms with Crippen LogP contribution in [-0.2, 0) is 0 Å². The zero-order valence-corrected chi connectivity index (χ0v) is 11.6. The zero-order chi connectivity index (χ0) is 13.2. The fraction of sp³-hybridized carbons (Fsp3) is 0.562. The Morgan fingerprint density at radius 1 is 1.26 bits per heavy atom. The summed E-state index contributed by atoms with van der Waals surface area (Å²) in [5.41, 5.74) is 1.79. The molecule has 2 unspecified atom stereocenters. The monoisotopic (exact) mass is 258 g/mol. The lowest BCUT2D eigenvalue weighted by atomic mass is 10.0. The number of likely N-dealkylation sites (tertiary alicyclic amines) is 1. The normalized spacial score (nSPS) is 25.4. The second kappa shape index (κ2) is 5.24. The van der Waals surface area contributed by atoms with Gasteiger partial charge in [0.15, 0.2) is 0 Å². The SMILES string of the molecule is CCNc1ccccc1C(=O)N1CC2CCCC2C1. The Morgan fingerprint density at radius 2 is 1.95 bits per heavy atom. The number of amides is 1. The smallest absolute Gasteiger partial charge is 0.255 e. The average Bonchev–Trinajstić information content (AvgIpc) is 2.99. The second-order valence-corrected chi connectivity index (χ2v) is 5.74. The van der Waals surface area contributed by atoms with Crippen molar-refractivity contribution in [2.45, 2.75) is 26.2 Å². The van der Waals surface area contributed by atoms with Crippen LogP contribution in [0.25, 0.3) is 0 Å². The maximum absolute atomic E-state index is 12.7. The number of benzene rings is 1. The Bertz CT molecular complexity index is 460. The van der Waals surface area contributed by atoms with E-state index in [1.54, 1.807) is 0 Å². The summed E-state index contributed by atoms with van der Waals surface area (Å²) < 4.78 is 0. The Morgan fingerprint density at radius 3 is 2.63 bits per heavy atom. The van der Waals surface area contributed by atoms with Crippen LogP contribution in [0.15, 0.2) is 24.3 Å². The van der Waals surface area contributed by atoms with Gasteiger partial charge >= 0.3 is 0 Å². The maximum atomic E-state index is 12.7. The lowest BCUT2D eigenvalue weighted by molar-refractivity contribution is 0.0781. The minimum absolute atomic E-state index is 0.200. The standard InChI is InChI=1S/C16H22N2O/c1-2-17-15-9-4-3-8-14(15)16(19)18-10-12-6-5-7-13(12)11-18/h3-4,8-9,12-13,17H,2,5-7,10-11H2,1H3. The Kier molecular flexibility index (Phi) is 3.45. The first kappa shape index (κ1) is 12.5. The highest BCUT2D eigenvalue weighted by atomic mass is 16.2. The molecule has 1 heterocycles. The molecule has 2 atom stereocenters. The Balaban J connectivity index is 1.77. The van der Waals surface area contributed by atoms with Crippen molar-refractivity contribution in [3.8, 4) is 0 Å². The summed E-state index contributed by atoms with van der Waals surface area (Å²) in [5, 5.41) is 3.28. The first-order valence-electron chi connectivity index (χ1n) is 7.41. The van der Waals surface area contributed by atoms with Gasteiger partial charge in [-0.15, -0.1) is 0 Å². The van der Waals surface area contributed by atoms with Gasteiger partial charge in [0.2, 0.25) is 0 Å². The number of hydrogen-bond acceptors (Lipinski definition) is 2. The van der Waals surface area contributed by atoms with Gasteiger partial charge in [-0.1, -0.05) is 18.6 Å². The van der Waals surface area contributed by atoms with Crippen molar-refractivity contribution in [3.63, 3.8) is 0 Å². The van der Waals surface area contributed by atoms with Crippen LogP contribution in [0.5, 0.6) is 0 Å². The molecule has 2 aliphatic rings. The molecule has 0 aromatic heterocycles. The minimum atomic E-state index is 0.200. The highest BCUT2D eigenvalue weighted by Crippen LogP contribution is 2.38. The Labute approximate surface area is 115 Å². The number of fused-ring (bicyclic) bond motifs is 1.